The van der Waals surface area contributed by atoms with Crippen LogP contribution in [-0.2, 0) is 0 Å². The Balaban J connectivity index is 2.11. The smallest absolute Gasteiger partial charge is 0.192 e. The summed E-state index contributed by atoms with van der Waals surface area (Å²) in [5.41, 5.74) is 1.64. The van der Waals surface area contributed by atoms with Gasteiger partial charge >= 0.3 is 0 Å². The number of nitrogens with zero attached hydrogens (tertiary/aromatic N) is 3. The average molecular weight is 261 g/mol. The van der Waals surface area contributed by atoms with Crippen molar-refractivity contribution in [2.45, 2.75) is 36.4 Å². The van der Waals surface area contributed by atoms with Gasteiger partial charge in [-0.05, 0) is 43.3 Å². The maximum absolute atomic E-state index is 9.65. The summed E-state index contributed by atoms with van der Waals surface area (Å²) in [6, 6.07) is 5.63. The van der Waals surface area contributed by atoms with E-state index in [1.807, 2.05) is 32.0 Å². The molecule has 94 valence electrons. The zero-order valence-corrected chi connectivity index (χ0v) is 11.2. The Morgan fingerprint density at radius 2 is 2.11 bits per heavy atom. The van der Waals surface area contributed by atoms with Crippen LogP contribution < -0.4 is 0 Å². The van der Waals surface area contributed by atoms with E-state index in [0.29, 0.717) is 17.3 Å². The van der Waals surface area contributed by atoms with Gasteiger partial charge in [0.15, 0.2) is 5.16 Å². The minimum absolute atomic E-state index is 0.487. The van der Waals surface area contributed by atoms with Crippen molar-refractivity contribution in [2.24, 2.45) is 0 Å². The molecular weight excluding hydrogens is 246 g/mol. The van der Waals surface area contributed by atoms with Crippen molar-refractivity contribution in [2.75, 3.05) is 0 Å². The van der Waals surface area contributed by atoms with Crippen molar-refractivity contribution in [1.29, 1.82) is 0 Å². The topological polar surface area (TPSA) is 58.9 Å². The summed E-state index contributed by atoms with van der Waals surface area (Å²) in [5, 5.41) is 10.4. The van der Waals surface area contributed by atoms with Crippen molar-refractivity contribution in [3.63, 3.8) is 0 Å². The van der Waals surface area contributed by atoms with Gasteiger partial charge in [-0.25, -0.2) is 9.97 Å². The largest absolute Gasteiger partial charge is 0.387 e. The third kappa shape index (κ3) is 3.27. The molecular formula is C13H15N3OS. The van der Waals surface area contributed by atoms with Gasteiger partial charge in [0.1, 0.15) is 0 Å². The van der Waals surface area contributed by atoms with E-state index in [0.717, 1.165) is 10.6 Å². The highest BCUT2D eigenvalue weighted by molar-refractivity contribution is 7.99. The maximum atomic E-state index is 9.65. The molecule has 2 heterocycles. The Bertz CT molecular complexity index is 516. The van der Waals surface area contributed by atoms with Gasteiger partial charge < -0.3 is 5.11 Å². The van der Waals surface area contributed by atoms with Crippen LogP contribution in [0, 0.1) is 6.92 Å². The Morgan fingerprint density at radius 3 is 2.72 bits per heavy atom. The van der Waals surface area contributed by atoms with E-state index in [-0.39, 0.29) is 0 Å². The van der Waals surface area contributed by atoms with Crippen molar-refractivity contribution in [1.82, 2.24) is 15.0 Å². The number of hydrogen-bond acceptors (Lipinski definition) is 5. The summed E-state index contributed by atoms with van der Waals surface area (Å²) in [7, 11) is 0. The number of aryl methyl sites for hydroxylation is 1. The molecule has 0 unspecified atom stereocenters. The van der Waals surface area contributed by atoms with Gasteiger partial charge in [-0.1, -0.05) is 6.92 Å². The van der Waals surface area contributed by atoms with Gasteiger partial charge in [0.05, 0.1) is 11.8 Å². The number of aliphatic hydroxyl groups is 1. The van der Waals surface area contributed by atoms with Crippen LogP contribution in [0.3, 0.4) is 0 Å². The molecule has 1 atom stereocenters. The molecule has 0 saturated carbocycles. The van der Waals surface area contributed by atoms with E-state index in [2.05, 4.69) is 15.0 Å². The summed E-state index contributed by atoms with van der Waals surface area (Å²) in [6.07, 6.45) is 3.66. The molecule has 0 aliphatic heterocycles. The molecule has 0 saturated heterocycles. The van der Waals surface area contributed by atoms with Crippen LogP contribution in [0.2, 0.25) is 0 Å². The van der Waals surface area contributed by atoms with E-state index in [4.69, 9.17) is 0 Å². The Morgan fingerprint density at radius 1 is 1.28 bits per heavy atom. The molecule has 18 heavy (non-hydrogen) atoms. The highest BCUT2D eigenvalue weighted by atomic mass is 32.2. The van der Waals surface area contributed by atoms with Crippen molar-refractivity contribution >= 4 is 11.8 Å². The van der Waals surface area contributed by atoms with Gasteiger partial charge in [-0.2, -0.15) is 0 Å². The molecule has 0 aromatic carbocycles. The molecule has 2 aromatic heterocycles. The van der Waals surface area contributed by atoms with E-state index in [1.165, 1.54) is 11.8 Å². The van der Waals surface area contributed by atoms with Gasteiger partial charge in [0.2, 0.25) is 0 Å². The van der Waals surface area contributed by atoms with Crippen LogP contribution in [-0.4, -0.2) is 20.1 Å². The average Bonchev–Trinajstić information content (AvgIpc) is 2.39. The number of rotatable bonds is 4. The SMILES string of the molecule is CC[C@H](O)c1ccc(Sc2nccc(C)n2)cn1. The third-order valence-corrected chi connectivity index (χ3v) is 3.33. The number of aromatic nitrogens is 3. The zero-order valence-electron chi connectivity index (χ0n) is 10.4. The fraction of sp³-hybridized carbons (Fsp3) is 0.308. The van der Waals surface area contributed by atoms with E-state index >= 15 is 0 Å². The van der Waals surface area contributed by atoms with Gasteiger partial charge in [0.25, 0.3) is 0 Å². The highest BCUT2D eigenvalue weighted by Crippen LogP contribution is 2.24. The highest BCUT2D eigenvalue weighted by Gasteiger charge is 2.07. The van der Waals surface area contributed by atoms with Gasteiger partial charge in [-0.15, -0.1) is 0 Å². The molecule has 2 aromatic rings. The predicted octanol–water partition coefficient (Wildman–Crippen LogP) is 2.77. The third-order valence-electron chi connectivity index (χ3n) is 2.47. The molecule has 2 rings (SSSR count). The molecule has 5 heteroatoms. The van der Waals surface area contributed by atoms with E-state index in [9.17, 15) is 5.11 Å². The molecule has 1 N–H and O–H groups in total. The first-order valence-electron chi connectivity index (χ1n) is 5.80. The van der Waals surface area contributed by atoms with Crippen LogP contribution >= 0.6 is 11.8 Å². The quantitative estimate of drug-likeness (QED) is 0.858. The number of pyridine rings is 1. The van der Waals surface area contributed by atoms with Crippen LogP contribution in [0.1, 0.15) is 30.8 Å². The van der Waals surface area contributed by atoms with Crippen LogP contribution in [0.4, 0.5) is 0 Å². The lowest BCUT2D eigenvalue weighted by Crippen LogP contribution is -1.98. The van der Waals surface area contributed by atoms with E-state index in [1.54, 1.807) is 12.4 Å². The van der Waals surface area contributed by atoms with Crippen LogP contribution in [0.15, 0.2) is 40.6 Å². The molecule has 0 bridgehead atoms. The summed E-state index contributed by atoms with van der Waals surface area (Å²) in [6.45, 7) is 3.86. The summed E-state index contributed by atoms with van der Waals surface area (Å²) in [4.78, 5) is 13.7. The standard InChI is InChI=1S/C13H15N3OS/c1-3-12(17)11-5-4-10(8-15-11)18-13-14-7-6-9(2)16-13/h4-8,12,17H,3H2,1-2H3/t12-/m0/s1. The number of hydrogen-bond donors (Lipinski definition) is 1. The second-order valence-electron chi connectivity index (χ2n) is 3.93. The monoisotopic (exact) mass is 261 g/mol. The minimum Gasteiger partial charge on any atom is -0.387 e. The first-order chi connectivity index (χ1) is 8.69. The zero-order chi connectivity index (χ0) is 13.0. The van der Waals surface area contributed by atoms with Crippen LogP contribution in [0.25, 0.3) is 0 Å². The first kappa shape index (κ1) is 13.0. The normalized spacial score (nSPS) is 12.4. The molecule has 0 spiro atoms. The Kier molecular flexibility index (Phi) is 4.28. The molecule has 4 nitrogen and oxygen atoms in total. The second-order valence-corrected chi connectivity index (χ2v) is 4.97. The predicted molar refractivity (Wildman–Crippen MR) is 70.4 cm³/mol. The van der Waals surface area contributed by atoms with E-state index < -0.39 is 6.10 Å². The second kappa shape index (κ2) is 5.93. The summed E-state index contributed by atoms with van der Waals surface area (Å²) < 4.78 is 0. The molecule has 0 fully saturated rings. The lowest BCUT2D eigenvalue weighted by Gasteiger charge is -2.07. The van der Waals surface area contributed by atoms with Crippen molar-refractivity contribution in [3.8, 4) is 0 Å². The lowest BCUT2D eigenvalue weighted by atomic mass is 10.2. The fourth-order valence-corrected chi connectivity index (χ4v) is 2.19. The van der Waals surface area contributed by atoms with Crippen molar-refractivity contribution in [3.05, 3.63) is 42.0 Å². The van der Waals surface area contributed by atoms with Crippen LogP contribution in [0.5, 0.6) is 0 Å². The molecule has 0 amide bonds. The van der Waals surface area contributed by atoms with Crippen molar-refractivity contribution < 1.29 is 5.11 Å². The molecule has 0 radical (unpaired) electrons. The molecule has 0 aliphatic carbocycles. The summed E-state index contributed by atoms with van der Waals surface area (Å²) in [5.74, 6) is 0. The lowest BCUT2D eigenvalue weighted by molar-refractivity contribution is 0.169. The Labute approximate surface area is 111 Å². The minimum atomic E-state index is -0.487. The first-order valence-corrected chi connectivity index (χ1v) is 6.62. The summed E-state index contributed by atoms with van der Waals surface area (Å²) >= 11 is 1.46. The number of aliphatic hydroxyl groups excluding tert-OH is 1. The van der Waals surface area contributed by atoms with Gasteiger partial charge in [-0.3, -0.25) is 4.98 Å². The molecule has 0 aliphatic rings. The Hall–Kier alpha value is -1.46. The van der Waals surface area contributed by atoms with Gasteiger partial charge in [0, 0.05) is 23.0 Å². The maximum Gasteiger partial charge on any atom is 0.192 e. The fourth-order valence-electron chi connectivity index (χ4n) is 1.44.